The minimum Gasteiger partial charge on any atom is -0.350 e. The molecule has 1 atom stereocenters. The molecule has 1 saturated heterocycles. The highest BCUT2D eigenvalue weighted by Gasteiger charge is 2.25. The summed E-state index contributed by atoms with van der Waals surface area (Å²) in [6, 6.07) is 5.73. The molecule has 1 aromatic rings. The Balaban J connectivity index is 2.17. The predicted octanol–water partition coefficient (Wildman–Crippen LogP) is 2.25. The van der Waals surface area contributed by atoms with Gasteiger partial charge in [-0.05, 0) is 18.4 Å². The number of nitrogens with one attached hydrogen (secondary N) is 1. The van der Waals surface area contributed by atoms with Crippen molar-refractivity contribution in [3.8, 4) is 0 Å². The fourth-order valence-corrected chi connectivity index (χ4v) is 2.06. The lowest BCUT2D eigenvalue weighted by molar-refractivity contribution is -0.0578. The number of hydrogen-bond acceptors (Lipinski definition) is 5. The van der Waals surface area contributed by atoms with Crippen LogP contribution in [0.25, 0.3) is 0 Å². The minimum atomic E-state index is -0.207. The lowest BCUT2D eigenvalue weighted by Gasteiger charge is -2.17. The zero-order valence-corrected chi connectivity index (χ0v) is 10.8. The van der Waals surface area contributed by atoms with Crippen LogP contribution in [0.1, 0.15) is 24.2 Å². The van der Waals surface area contributed by atoms with Gasteiger partial charge in [0.1, 0.15) is 5.04 Å². The van der Waals surface area contributed by atoms with E-state index < -0.39 is 0 Å². The highest BCUT2D eigenvalue weighted by molar-refractivity contribution is 8.13. The Morgan fingerprint density at radius 1 is 1.47 bits per heavy atom. The van der Waals surface area contributed by atoms with Crippen LogP contribution in [0.15, 0.2) is 18.2 Å². The van der Waals surface area contributed by atoms with Gasteiger partial charge in [0.05, 0.1) is 18.9 Å². The van der Waals surface area contributed by atoms with Gasteiger partial charge in [-0.2, -0.15) is 0 Å². The number of thioether (sulfide) groups is 1. The first-order chi connectivity index (χ1) is 8.22. The van der Waals surface area contributed by atoms with E-state index >= 15 is 0 Å². The molecule has 4 nitrogen and oxygen atoms in total. The molecule has 0 radical (unpaired) electrons. The Hall–Kier alpha value is -0.910. The van der Waals surface area contributed by atoms with Crippen LogP contribution in [0.4, 0.5) is 0 Å². The highest BCUT2D eigenvalue weighted by atomic mass is 32.2. The first-order valence-corrected chi connectivity index (χ1v) is 6.78. The van der Waals surface area contributed by atoms with E-state index in [2.05, 4.69) is 4.98 Å². The van der Waals surface area contributed by atoms with Crippen molar-refractivity contribution in [2.75, 3.05) is 19.5 Å². The Bertz CT molecular complexity index is 405. The predicted molar refractivity (Wildman–Crippen MR) is 68.7 cm³/mol. The van der Waals surface area contributed by atoms with Crippen molar-refractivity contribution < 1.29 is 9.47 Å². The van der Waals surface area contributed by atoms with Gasteiger partial charge in [0, 0.05) is 11.6 Å². The summed E-state index contributed by atoms with van der Waals surface area (Å²) in [5.74, 6) is 0.0899. The average molecular weight is 252 g/mol. The Morgan fingerprint density at radius 3 is 2.82 bits per heavy atom. The summed E-state index contributed by atoms with van der Waals surface area (Å²) in [4.78, 5) is 4.48. The number of aromatic nitrogens is 1. The molecule has 1 unspecified atom stereocenters. The third kappa shape index (κ3) is 2.86. The van der Waals surface area contributed by atoms with Crippen LogP contribution in [0.2, 0.25) is 0 Å². The number of rotatable bonds is 3. The average Bonchev–Trinajstić information content (AvgIpc) is 2.91. The second-order valence-corrected chi connectivity index (χ2v) is 4.70. The molecule has 0 aromatic carbocycles. The van der Waals surface area contributed by atoms with Gasteiger partial charge in [0.2, 0.25) is 0 Å². The molecule has 0 saturated carbocycles. The maximum atomic E-state index is 7.76. The second-order valence-electron chi connectivity index (χ2n) is 3.88. The molecule has 17 heavy (non-hydrogen) atoms. The summed E-state index contributed by atoms with van der Waals surface area (Å²) in [6.45, 7) is 3.33. The largest absolute Gasteiger partial charge is 0.350 e. The van der Waals surface area contributed by atoms with Crippen molar-refractivity contribution in [3.63, 3.8) is 0 Å². The van der Waals surface area contributed by atoms with Crippen molar-refractivity contribution in [2.45, 2.75) is 19.1 Å². The molecule has 1 aliphatic rings. The molecular formula is C12H16N2O2S. The Kier molecular flexibility index (Phi) is 4.15. The summed E-state index contributed by atoms with van der Waals surface area (Å²) in [5, 5.41) is 8.24. The summed E-state index contributed by atoms with van der Waals surface area (Å²) < 4.78 is 10.9. The third-order valence-electron chi connectivity index (χ3n) is 2.73. The van der Waals surface area contributed by atoms with Gasteiger partial charge in [-0.25, -0.2) is 0 Å². The van der Waals surface area contributed by atoms with Gasteiger partial charge in [-0.15, -0.1) is 11.8 Å². The van der Waals surface area contributed by atoms with E-state index in [0.717, 1.165) is 5.69 Å². The van der Waals surface area contributed by atoms with E-state index in [4.69, 9.17) is 14.9 Å². The standard InChI is InChI=1S/C12H16N2O2S/c1-8(12-15-6-7-16-12)9-4-3-5-10(14-9)11(13)17-2/h3-5,8,12-13H,6-7H2,1-2H3. The smallest absolute Gasteiger partial charge is 0.165 e. The maximum Gasteiger partial charge on any atom is 0.165 e. The molecule has 2 rings (SSSR count). The second kappa shape index (κ2) is 5.62. The van der Waals surface area contributed by atoms with Crippen LogP contribution in [0.5, 0.6) is 0 Å². The molecule has 0 bridgehead atoms. The normalized spacial score (nSPS) is 18.2. The zero-order chi connectivity index (χ0) is 12.3. The summed E-state index contributed by atoms with van der Waals surface area (Å²) >= 11 is 1.39. The van der Waals surface area contributed by atoms with Crippen molar-refractivity contribution in [1.29, 1.82) is 5.41 Å². The molecule has 0 spiro atoms. The van der Waals surface area contributed by atoms with E-state index in [1.54, 1.807) is 0 Å². The van der Waals surface area contributed by atoms with E-state index in [1.165, 1.54) is 11.8 Å². The molecule has 1 fully saturated rings. The lowest BCUT2D eigenvalue weighted by Crippen LogP contribution is -2.18. The first kappa shape index (κ1) is 12.5. The SMILES string of the molecule is CSC(=N)c1cccc(C(C)C2OCCO2)n1. The Labute approximate surface area is 105 Å². The van der Waals surface area contributed by atoms with E-state index in [-0.39, 0.29) is 12.2 Å². The summed E-state index contributed by atoms with van der Waals surface area (Å²) in [5.41, 5.74) is 1.62. The highest BCUT2D eigenvalue weighted by Crippen LogP contribution is 2.24. The molecular weight excluding hydrogens is 236 g/mol. The molecule has 1 N–H and O–H groups in total. The van der Waals surface area contributed by atoms with Gasteiger partial charge >= 0.3 is 0 Å². The monoisotopic (exact) mass is 252 g/mol. The number of pyridine rings is 1. The van der Waals surface area contributed by atoms with Crippen molar-refractivity contribution in [2.24, 2.45) is 0 Å². The zero-order valence-electron chi connectivity index (χ0n) is 9.97. The molecule has 92 valence electrons. The summed E-state index contributed by atoms with van der Waals surface area (Å²) in [7, 11) is 0. The maximum absolute atomic E-state index is 7.76. The van der Waals surface area contributed by atoms with E-state index in [9.17, 15) is 0 Å². The minimum absolute atomic E-state index is 0.0899. The van der Waals surface area contributed by atoms with Crippen molar-refractivity contribution >= 4 is 16.8 Å². The third-order valence-corrected chi connectivity index (χ3v) is 3.35. The molecule has 0 aliphatic carbocycles. The number of hydrogen-bond donors (Lipinski definition) is 1. The van der Waals surface area contributed by atoms with Gasteiger partial charge < -0.3 is 9.47 Å². The van der Waals surface area contributed by atoms with Gasteiger partial charge in [-0.3, -0.25) is 10.4 Å². The van der Waals surface area contributed by atoms with Gasteiger partial charge in [-0.1, -0.05) is 13.0 Å². The van der Waals surface area contributed by atoms with Crippen molar-refractivity contribution in [1.82, 2.24) is 4.98 Å². The topological polar surface area (TPSA) is 55.2 Å². The number of nitrogens with zero attached hydrogens (tertiary/aromatic N) is 1. The summed E-state index contributed by atoms with van der Waals surface area (Å²) in [6.07, 6.45) is 1.67. The fourth-order valence-electron chi connectivity index (χ4n) is 1.74. The molecule has 1 aromatic heterocycles. The van der Waals surface area contributed by atoms with Crippen LogP contribution in [-0.2, 0) is 9.47 Å². The lowest BCUT2D eigenvalue weighted by atomic mass is 10.1. The quantitative estimate of drug-likeness (QED) is 0.662. The molecule has 0 amide bonds. The first-order valence-electron chi connectivity index (χ1n) is 5.55. The van der Waals surface area contributed by atoms with Crippen LogP contribution < -0.4 is 0 Å². The van der Waals surface area contributed by atoms with E-state index in [0.29, 0.717) is 24.0 Å². The van der Waals surface area contributed by atoms with E-state index in [1.807, 2.05) is 31.4 Å². The fraction of sp³-hybridized carbons (Fsp3) is 0.500. The van der Waals surface area contributed by atoms with Gasteiger partial charge in [0.15, 0.2) is 6.29 Å². The van der Waals surface area contributed by atoms with Crippen LogP contribution in [-0.4, -0.2) is 35.8 Å². The molecule has 5 heteroatoms. The van der Waals surface area contributed by atoms with Gasteiger partial charge in [0.25, 0.3) is 0 Å². The molecule has 2 heterocycles. The van der Waals surface area contributed by atoms with Crippen molar-refractivity contribution in [3.05, 3.63) is 29.6 Å². The van der Waals surface area contributed by atoms with Crippen LogP contribution >= 0.6 is 11.8 Å². The van der Waals surface area contributed by atoms with Crippen LogP contribution in [0.3, 0.4) is 0 Å². The number of ether oxygens (including phenoxy) is 2. The van der Waals surface area contributed by atoms with Crippen LogP contribution in [0, 0.1) is 5.41 Å². The Morgan fingerprint density at radius 2 is 2.18 bits per heavy atom. The molecule has 1 aliphatic heterocycles.